The summed E-state index contributed by atoms with van der Waals surface area (Å²) in [5.74, 6) is 0.0369. The lowest BCUT2D eigenvalue weighted by Gasteiger charge is -2.33. The molecule has 2 atom stereocenters. The van der Waals surface area contributed by atoms with Gasteiger partial charge in [-0.25, -0.2) is 0 Å². The summed E-state index contributed by atoms with van der Waals surface area (Å²) >= 11 is 1.78. The fraction of sp³-hybridized carbons (Fsp3) is 0.417. The van der Waals surface area contributed by atoms with Gasteiger partial charge >= 0.3 is 5.97 Å². The Bertz CT molecular complexity index is 337. The van der Waals surface area contributed by atoms with Crippen molar-refractivity contribution in [2.24, 2.45) is 5.92 Å². The van der Waals surface area contributed by atoms with Crippen LogP contribution < -0.4 is 0 Å². The average molecular weight is 222 g/mol. The quantitative estimate of drug-likeness (QED) is 0.736. The molecule has 1 saturated carbocycles. The molecule has 0 N–H and O–H groups in total. The molecule has 0 aromatic heterocycles. The first kappa shape index (κ1) is 10.6. The van der Waals surface area contributed by atoms with Crippen LogP contribution in [0.15, 0.2) is 35.2 Å². The summed E-state index contributed by atoms with van der Waals surface area (Å²) in [6.07, 6.45) is 2.08. The third-order valence-corrected chi connectivity index (χ3v) is 4.16. The van der Waals surface area contributed by atoms with E-state index in [9.17, 15) is 4.79 Å². The van der Waals surface area contributed by atoms with E-state index in [-0.39, 0.29) is 11.9 Å². The molecule has 2 nitrogen and oxygen atoms in total. The largest absolute Gasteiger partial charge is 0.469 e. The third kappa shape index (κ3) is 2.34. The van der Waals surface area contributed by atoms with Crippen LogP contribution in [-0.4, -0.2) is 18.3 Å². The van der Waals surface area contributed by atoms with Crippen molar-refractivity contribution in [1.29, 1.82) is 0 Å². The van der Waals surface area contributed by atoms with E-state index in [2.05, 4.69) is 12.1 Å². The first-order chi connectivity index (χ1) is 7.31. The number of carbonyl (C=O) groups excluding carboxylic acids is 1. The first-order valence-corrected chi connectivity index (χ1v) is 5.99. The lowest BCUT2D eigenvalue weighted by molar-refractivity contribution is -0.147. The van der Waals surface area contributed by atoms with Crippen LogP contribution in [0, 0.1) is 5.92 Å². The predicted octanol–water partition coefficient (Wildman–Crippen LogP) is 2.73. The van der Waals surface area contributed by atoms with Gasteiger partial charge in [-0.3, -0.25) is 4.79 Å². The Morgan fingerprint density at radius 2 is 2.07 bits per heavy atom. The lowest BCUT2D eigenvalue weighted by Crippen LogP contribution is -2.36. The Balaban J connectivity index is 1.94. The summed E-state index contributed by atoms with van der Waals surface area (Å²) in [5, 5.41) is 0.403. The van der Waals surface area contributed by atoms with E-state index in [1.807, 2.05) is 18.2 Å². The van der Waals surface area contributed by atoms with E-state index in [4.69, 9.17) is 4.74 Å². The second-order valence-corrected chi connectivity index (χ2v) is 4.99. The van der Waals surface area contributed by atoms with Crippen LogP contribution in [0.5, 0.6) is 0 Å². The molecule has 0 amide bonds. The van der Waals surface area contributed by atoms with Crippen molar-refractivity contribution < 1.29 is 9.53 Å². The number of benzene rings is 1. The number of thioether (sulfide) groups is 1. The van der Waals surface area contributed by atoms with Gasteiger partial charge in [0.25, 0.3) is 0 Å². The van der Waals surface area contributed by atoms with Gasteiger partial charge in [0.05, 0.1) is 13.0 Å². The highest BCUT2D eigenvalue weighted by molar-refractivity contribution is 8.00. The standard InChI is InChI=1S/C12H14O2S/c1-14-12(13)10-7-8-11(10)15-9-5-3-2-4-6-9/h2-6,10-11H,7-8H2,1H3/t10-,11+/m1/s1. The van der Waals surface area contributed by atoms with Gasteiger partial charge < -0.3 is 4.74 Å². The Hall–Kier alpha value is -0.960. The molecular weight excluding hydrogens is 208 g/mol. The van der Waals surface area contributed by atoms with Crippen LogP contribution in [0.1, 0.15) is 12.8 Å². The summed E-state index contributed by atoms with van der Waals surface area (Å²) in [5.41, 5.74) is 0. The number of carbonyl (C=O) groups is 1. The second-order valence-electron chi connectivity index (χ2n) is 3.68. The minimum Gasteiger partial charge on any atom is -0.469 e. The Kier molecular flexibility index (Phi) is 3.31. The highest BCUT2D eigenvalue weighted by Crippen LogP contribution is 2.41. The molecule has 0 saturated heterocycles. The van der Waals surface area contributed by atoms with Crippen molar-refractivity contribution in [1.82, 2.24) is 0 Å². The van der Waals surface area contributed by atoms with Crippen LogP contribution >= 0.6 is 11.8 Å². The molecular formula is C12H14O2S. The van der Waals surface area contributed by atoms with Crippen LogP contribution in [0.2, 0.25) is 0 Å². The van der Waals surface area contributed by atoms with Crippen molar-refractivity contribution in [2.75, 3.05) is 7.11 Å². The van der Waals surface area contributed by atoms with Crippen LogP contribution in [0.3, 0.4) is 0 Å². The zero-order chi connectivity index (χ0) is 10.7. The minimum absolute atomic E-state index is 0.0605. The molecule has 0 unspecified atom stereocenters. The maximum Gasteiger partial charge on any atom is 0.309 e. The third-order valence-electron chi connectivity index (χ3n) is 2.75. The summed E-state index contributed by atoms with van der Waals surface area (Å²) in [6.45, 7) is 0. The SMILES string of the molecule is COC(=O)[C@@H]1CC[C@@H]1Sc1ccccc1. The van der Waals surface area contributed by atoms with Gasteiger partial charge in [-0.1, -0.05) is 18.2 Å². The molecule has 0 heterocycles. The van der Waals surface area contributed by atoms with E-state index in [0.29, 0.717) is 5.25 Å². The Morgan fingerprint density at radius 1 is 1.33 bits per heavy atom. The lowest BCUT2D eigenvalue weighted by atomic mass is 9.85. The maximum atomic E-state index is 11.4. The monoisotopic (exact) mass is 222 g/mol. The summed E-state index contributed by atoms with van der Waals surface area (Å²) in [4.78, 5) is 12.6. The summed E-state index contributed by atoms with van der Waals surface area (Å²) in [7, 11) is 1.46. The molecule has 1 aliphatic carbocycles. The molecule has 0 spiro atoms. The molecule has 1 aliphatic rings. The highest BCUT2D eigenvalue weighted by atomic mass is 32.2. The van der Waals surface area contributed by atoms with Gasteiger partial charge in [0.2, 0.25) is 0 Å². The molecule has 80 valence electrons. The van der Waals surface area contributed by atoms with Crippen LogP contribution in [0.25, 0.3) is 0 Å². The summed E-state index contributed by atoms with van der Waals surface area (Å²) in [6, 6.07) is 10.2. The van der Waals surface area contributed by atoms with Crippen molar-refractivity contribution in [2.45, 2.75) is 23.0 Å². The molecule has 3 heteroatoms. The molecule has 1 fully saturated rings. The summed E-state index contributed by atoms with van der Waals surface area (Å²) < 4.78 is 4.77. The number of rotatable bonds is 3. The topological polar surface area (TPSA) is 26.3 Å². The van der Waals surface area contributed by atoms with Gasteiger partial charge in [0.1, 0.15) is 0 Å². The normalized spacial score (nSPS) is 24.3. The molecule has 0 aliphatic heterocycles. The average Bonchev–Trinajstić information content (AvgIpc) is 2.25. The minimum atomic E-state index is -0.0605. The van der Waals surface area contributed by atoms with Crippen LogP contribution in [-0.2, 0) is 9.53 Å². The Labute approximate surface area is 94.0 Å². The molecule has 0 radical (unpaired) electrons. The first-order valence-electron chi connectivity index (χ1n) is 5.11. The van der Waals surface area contributed by atoms with Gasteiger partial charge in [-0.15, -0.1) is 11.8 Å². The molecule has 1 aromatic rings. The van der Waals surface area contributed by atoms with Crippen molar-refractivity contribution >= 4 is 17.7 Å². The highest BCUT2D eigenvalue weighted by Gasteiger charge is 2.37. The van der Waals surface area contributed by atoms with Crippen molar-refractivity contribution in [3.63, 3.8) is 0 Å². The number of hydrogen-bond donors (Lipinski definition) is 0. The van der Waals surface area contributed by atoms with E-state index >= 15 is 0 Å². The van der Waals surface area contributed by atoms with Gasteiger partial charge in [-0.05, 0) is 25.0 Å². The predicted molar refractivity (Wildman–Crippen MR) is 60.8 cm³/mol. The zero-order valence-corrected chi connectivity index (χ0v) is 9.50. The second kappa shape index (κ2) is 4.71. The fourth-order valence-electron chi connectivity index (χ4n) is 1.71. The fourth-order valence-corrected chi connectivity index (χ4v) is 3.03. The van der Waals surface area contributed by atoms with Gasteiger partial charge in [0.15, 0.2) is 0 Å². The van der Waals surface area contributed by atoms with E-state index < -0.39 is 0 Å². The number of ether oxygens (including phenoxy) is 1. The van der Waals surface area contributed by atoms with Crippen molar-refractivity contribution in [3.8, 4) is 0 Å². The van der Waals surface area contributed by atoms with E-state index in [1.165, 1.54) is 12.0 Å². The Morgan fingerprint density at radius 3 is 2.60 bits per heavy atom. The van der Waals surface area contributed by atoms with Gasteiger partial charge in [-0.2, -0.15) is 0 Å². The number of hydrogen-bond acceptors (Lipinski definition) is 3. The molecule has 2 rings (SSSR count). The smallest absolute Gasteiger partial charge is 0.309 e. The van der Waals surface area contributed by atoms with Crippen molar-refractivity contribution in [3.05, 3.63) is 30.3 Å². The van der Waals surface area contributed by atoms with Crippen LogP contribution in [0.4, 0.5) is 0 Å². The maximum absolute atomic E-state index is 11.4. The van der Waals surface area contributed by atoms with E-state index in [1.54, 1.807) is 11.8 Å². The zero-order valence-electron chi connectivity index (χ0n) is 8.68. The molecule has 15 heavy (non-hydrogen) atoms. The number of esters is 1. The van der Waals surface area contributed by atoms with Gasteiger partial charge in [0, 0.05) is 10.1 Å². The molecule has 0 bridgehead atoms. The van der Waals surface area contributed by atoms with E-state index in [0.717, 1.165) is 12.8 Å². The number of methoxy groups -OCH3 is 1. The molecule has 1 aromatic carbocycles.